The first-order chi connectivity index (χ1) is 10.1. The third kappa shape index (κ3) is 7.81. The summed E-state index contributed by atoms with van der Waals surface area (Å²) in [5, 5.41) is 8.72. The third-order valence-corrected chi connectivity index (χ3v) is 2.61. The minimum atomic E-state index is -0.327. The smallest absolute Gasteiger partial charge is 0.124 e. The fraction of sp³-hybridized carbons (Fsp3) is 0.529. The second-order valence-corrected chi connectivity index (χ2v) is 5.10. The average molecular weight is 294 g/mol. The molecular formula is C17H23FO3. The number of aliphatic hydroxyl groups excluding tert-OH is 1. The van der Waals surface area contributed by atoms with Gasteiger partial charge in [-0.2, -0.15) is 0 Å². The summed E-state index contributed by atoms with van der Waals surface area (Å²) in [6, 6.07) is 4.46. The Kier molecular flexibility index (Phi) is 8.68. The van der Waals surface area contributed by atoms with Crippen molar-refractivity contribution in [2.24, 2.45) is 5.92 Å². The molecular weight excluding hydrogens is 271 g/mol. The lowest BCUT2D eigenvalue weighted by atomic mass is 10.1. The fourth-order valence-corrected chi connectivity index (χ4v) is 1.62. The monoisotopic (exact) mass is 294 g/mol. The van der Waals surface area contributed by atoms with Crippen LogP contribution in [0, 0.1) is 23.6 Å². The Morgan fingerprint density at radius 2 is 2.00 bits per heavy atom. The van der Waals surface area contributed by atoms with Crippen LogP contribution < -0.4 is 0 Å². The van der Waals surface area contributed by atoms with Gasteiger partial charge < -0.3 is 14.6 Å². The van der Waals surface area contributed by atoms with E-state index in [1.54, 1.807) is 6.07 Å². The second-order valence-electron chi connectivity index (χ2n) is 5.10. The molecule has 0 fully saturated rings. The van der Waals surface area contributed by atoms with E-state index in [-0.39, 0.29) is 12.4 Å². The minimum absolute atomic E-state index is 0.00133. The summed E-state index contributed by atoms with van der Waals surface area (Å²) in [6.07, 6.45) is 0.375. The highest BCUT2D eigenvalue weighted by molar-refractivity contribution is 5.41. The second kappa shape index (κ2) is 10.3. The number of halogens is 1. The van der Waals surface area contributed by atoms with Gasteiger partial charge in [0.1, 0.15) is 5.82 Å². The van der Waals surface area contributed by atoms with Crippen molar-refractivity contribution in [1.29, 1.82) is 0 Å². The quantitative estimate of drug-likeness (QED) is 0.592. The molecule has 0 saturated heterocycles. The zero-order valence-corrected chi connectivity index (χ0v) is 12.7. The minimum Gasteiger partial charge on any atom is -0.395 e. The van der Waals surface area contributed by atoms with E-state index in [1.807, 2.05) is 0 Å². The Hall–Kier alpha value is -1.41. The summed E-state index contributed by atoms with van der Waals surface area (Å²) in [6.45, 7) is 6.32. The summed E-state index contributed by atoms with van der Waals surface area (Å²) < 4.78 is 24.2. The number of benzene rings is 1. The lowest BCUT2D eigenvalue weighted by molar-refractivity contribution is 0.0314. The van der Waals surface area contributed by atoms with Crippen LogP contribution in [-0.4, -0.2) is 31.5 Å². The molecule has 1 rings (SSSR count). The van der Waals surface area contributed by atoms with Crippen LogP contribution in [0.3, 0.4) is 0 Å². The normalized spacial score (nSPS) is 10.5. The highest BCUT2D eigenvalue weighted by atomic mass is 19.1. The number of aliphatic hydroxyl groups is 1. The van der Waals surface area contributed by atoms with Crippen molar-refractivity contribution in [3.8, 4) is 11.8 Å². The highest BCUT2D eigenvalue weighted by Gasteiger charge is 2.03. The van der Waals surface area contributed by atoms with E-state index in [2.05, 4.69) is 25.7 Å². The van der Waals surface area contributed by atoms with Crippen molar-refractivity contribution in [3.63, 3.8) is 0 Å². The fourth-order valence-electron chi connectivity index (χ4n) is 1.62. The van der Waals surface area contributed by atoms with E-state index in [1.165, 1.54) is 12.1 Å². The zero-order valence-electron chi connectivity index (χ0n) is 12.7. The topological polar surface area (TPSA) is 38.7 Å². The molecule has 0 saturated carbocycles. The summed E-state index contributed by atoms with van der Waals surface area (Å²) in [5.41, 5.74) is 1.44. The summed E-state index contributed by atoms with van der Waals surface area (Å²) >= 11 is 0. The first kappa shape index (κ1) is 17.6. The molecule has 21 heavy (non-hydrogen) atoms. The summed E-state index contributed by atoms with van der Waals surface area (Å²) in [7, 11) is 0. The van der Waals surface area contributed by atoms with Gasteiger partial charge in [-0.15, -0.1) is 0 Å². The molecule has 0 spiro atoms. The van der Waals surface area contributed by atoms with E-state index < -0.39 is 0 Å². The molecule has 0 unspecified atom stereocenters. The van der Waals surface area contributed by atoms with Crippen molar-refractivity contribution in [1.82, 2.24) is 0 Å². The van der Waals surface area contributed by atoms with Crippen molar-refractivity contribution >= 4 is 0 Å². The van der Waals surface area contributed by atoms with Crippen LogP contribution >= 0.6 is 0 Å². The van der Waals surface area contributed by atoms with E-state index in [9.17, 15) is 4.39 Å². The molecule has 1 aromatic rings. The molecule has 116 valence electrons. The van der Waals surface area contributed by atoms with Crippen LogP contribution in [0.5, 0.6) is 0 Å². The molecule has 0 radical (unpaired) electrons. The molecule has 0 atom stereocenters. The predicted molar refractivity (Wildman–Crippen MR) is 80.3 cm³/mol. The predicted octanol–water partition coefficient (Wildman–Crippen LogP) is 2.75. The average Bonchev–Trinajstić information content (AvgIpc) is 2.44. The summed E-state index contributed by atoms with van der Waals surface area (Å²) in [5.74, 6) is 5.84. The van der Waals surface area contributed by atoms with Gasteiger partial charge in [0.25, 0.3) is 0 Å². The van der Waals surface area contributed by atoms with Crippen LogP contribution in [0.1, 0.15) is 31.4 Å². The molecule has 0 aliphatic heterocycles. The SMILES string of the molecule is CC(C)COCCOCc1ccc(F)cc1C#CCCO. The Morgan fingerprint density at radius 3 is 2.71 bits per heavy atom. The van der Waals surface area contributed by atoms with Crippen LogP contribution in [-0.2, 0) is 16.1 Å². The van der Waals surface area contributed by atoms with Gasteiger partial charge in [0.2, 0.25) is 0 Å². The number of rotatable bonds is 8. The molecule has 1 aromatic carbocycles. The first-order valence-electron chi connectivity index (χ1n) is 7.17. The summed E-state index contributed by atoms with van der Waals surface area (Å²) in [4.78, 5) is 0. The largest absolute Gasteiger partial charge is 0.395 e. The number of ether oxygens (including phenoxy) is 2. The van der Waals surface area contributed by atoms with Crippen molar-refractivity contribution in [3.05, 3.63) is 35.1 Å². The molecule has 0 aliphatic carbocycles. The first-order valence-corrected chi connectivity index (χ1v) is 7.17. The Morgan fingerprint density at radius 1 is 1.24 bits per heavy atom. The lowest BCUT2D eigenvalue weighted by Crippen LogP contribution is -2.08. The van der Waals surface area contributed by atoms with Crippen LogP contribution in [0.25, 0.3) is 0 Å². The van der Waals surface area contributed by atoms with Gasteiger partial charge in [0.05, 0.1) is 26.4 Å². The molecule has 0 bridgehead atoms. The maximum Gasteiger partial charge on any atom is 0.124 e. The molecule has 0 aromatic heterocycles. The van der Waals surface area contributed by atoms with Gasteiger partial charge in [-0.05, 0) is 23.6 Å². The van der Waals surface area contributed by atoms with Gasteiger partial charge in [0, 0.05) is 18.6 Å². The van der Waals surface area contributed by atoms with Crippen LogP contribution in [0.15, 0.2) is 18.2 Å². The van der Waals surface area contributed by atoms with Gasteiger partial charge in [-0.25, -0.2) is 4.39 Å². The van der Waals surface area contributed by atoms with Gasteiger partial charge >= 0.3 is 0 Å². The van der Waals surface area contributed by atoms with Crippen LogP contribution in [0.4, 0.5) is 4.39 Å². The highest BCUT2D eigenvalue weighted by Crippen LogP contribution is 2.11. The van der Waals surface area contributed by atoms with Crippen molar-refractivity contribution in [2.45, 2.75) is 26.9 Å². The molecule has 0 aliphatic rings. The molecule has 4 heteroatoms. The van der Waals surface area contributed by atoms with Crippen molar-refractivity contribution < 1.29 is 19.0 Å². The number of hydrogen-bond donors (Lipinski definition) is 1. The van der Waals surface area contributed by atoms with Gasteiger partial charge in [-0.3, -0.25) is 0 Å². The van der Waals surface area contributed by atoms with Gasteiger partial charge in [-0.1, -0.05) is 31.8 Å². The lowest BCUT2D eigenvalue weighted by Gasteiger charge is -2.09. The van der Waals surface area contributed by atoms with Crippen molar-refractivity contribution in [2.75, 3.05) is 26.4 Å². The standard InChI is InChI=1S/C17H23FO3/c1-14(2)12-20-9-10-21-13-16-6-7-17(18)11-15(16)5-3-4-8-19/h6-7,11,14,19H,4,8-10,12-13H2,1-2H3. The molecule has 0 heterocycles. The maximum absolute atomic E-state index is 13.2. The van der Waals surface area contributed by atoms with E-state index in [0.717, 1.165) is 12.2 Å². The number of hydrogen-bond acceptors (Lipinski definition) is 3. The zero-order chi connectivity index (χ0) is 15.5. The van der Waals surface area contributed by atoms with E-state index in [0.29, 0.717) is 37.7 Å². The molecule has 0 amide bonds. The van der Waals surface area contributed by atoms with E-state index in [4.69, 9.17) is 14.6 Å². The Balaban J connectivity index is 2.45. The maximum atomic E-state index is 13.2. The van der Waals surface area contributed by atoms with Crippen LogP contribution in [0.2, 0.25) is 0 Å². The third-order valence-electron chi connectivity index (χ3n) is 2.61. The Bertz CT molecular complexity index is 475. The van der Waals surface area contributed by atoms with E-state index >= 15 is 0 Å². The Labute approximate surface area is 126 Å². The van der Waals surface area contributed by atoms with Gasteiger partial charge in [0.15, 0.2) is 0 Å². The molecule has 1 N–H and O–H groups in total. The molecule has 3 nitrogen and oxygen atoms in total.